The number of carbonyl (C=O) groups is 2. The molecule has 2 fully saturated rings. The van der Waals surface area contributed by atoms with E-state index in [1.807, 2.05) is 37.3 Å². The Morgan fingerprint density at radius 3 is 2.16 bits per heavy atom. The molecule has 7 heteroatoms. The zero-order valence-electron chi connectivity index (χ0n) is 24.2. The summed E-state index contributed by atoms with van der Waals surface area (Å²) in [7, 11) is -1.67. The molecular weight excluding hydrogens is 494 g/mol. The summed E-state index contributed by atoms with van der Waals surface area (Å²) in [6, 6.07) is 9.37. The van der Waals surface area contributed by atoms with Crippen molar-refractivity contribution in [2.45, 2.75) is 97.3 Å². The number of nitrogens with one attached hydrogen (secondary N) is 1. The molecule has 3 aliphatic rings. The number of rotatable bonds is 9. The topological polar surface area (TPSA) is 84.9 Å². The highest BCUT2D eigenvalue weighted by Gasteiger charge is 2.51. The van der Waals surface area contributed by atoms with Crippen LogP contribution in [-0.2, 0) is 20.9 Å². The highest BCUT2D eigenvalue weighted by atomic mass is 28.3. The number of fused-ring (bicyclic) bond motifs is 2. The van der Waals surface area contributed by atoms with Gasteiger partial charge in [-0.05, 0) is 62.3 Å². The molecule has 6 nitrogen and oxygen atoms in total. The van der Waals surface area contributed by atoms with Crippen molar-refractivity contribution in [3.05, 3.63) is 48.0 Å². The maximum Gasteiger partial charge on any atom is 0.407 e. The fourth-order valence-electron chi connectivity index (χ4n) is 6.01. The molecule has 0 heterocycles. The van der Waals surface area contributed by atoms with E-state index in [4.69, 9.17) is 9.47 Å². The Kier molecular flexibility index (Phi) is 10.6. The number of hydrogen-bond acceptors (Lipinski definition) is 4. The molecule has 1 aromatic carbocycles. The lowest BCUT2D eigenvalue weighted by Gasteiger charge is -2.49. The first kappa shape index (κ1) is 30.4. The van der Waals surface area contributed by atoms with Crippen molar-refractivity contribution in [1.82, 2.24) is 5.32 Å². The van der Waals surface area contributed by atoms with Gasteiger partial charge in [-0.2, -0.15) is 0 Å². The molecule has 38 heavy (non-hydrogen) atoms. The first-order chi connectivity index (χ1) is 17.9. The molecule has 6 atom stereocenters. The van der Waals surface area contributed by atoms with Gasteiger partial charge < -0.3 is 19.9 Å². The standard InChI is InChI=1S/C24H39NO5Si.C7H10/c1-17(2)24(16-29-15-19-11-8-7-9-12-19)14-10-13-20(22(26)27)21(24)25-23(28)30-18(3)31(4,5)6;1-2-7-4-3-6(1)5-7/h7-9,11-12,17-18,20-21H,10,13-16H2,1-6H3,(H,25,28)(H,26,27);1-2,6-7H,3-5H2. The van der Waals surface area contributed by atoms with Gasteiger partial charge in [0.25, 0.3) is 0 Å². The number of carboxylic acid groups (broad SMARTS) is 1. The first-order valence-corrected chi connectivity index (χ1v) is 18.0. The van der Waals surface area contributed by atoms with Crippen LogP contribution in [0.2, 0.25) is 19.6 Å². The Bertz CT molecular complexity index is 931. The minimum absolute atomic E-state index is 0.130. The monoisotopic (exact) mass is 543 g/mol. The average molecular weight is 544 g/mol. The largest absolute Gasteiger partial charge is 0.481 e. The predicted molar refractivity (Wildman–Crippen MR) is 155 cm³/mol. The summed E-state index contributed by atoms with van der Waals surface area (Å²) in [5.74, 6) is 0.572. The summed E-state index contributed by atoms with van der Waals surface area (Å²) in [5.41, 5.74) is 0.430. The van der Waals surface area contributed by atoms with Gasteiger partial charge in [0.1, 0.15) is 0 Å². The van der Waals surface area contributed by atoms with E-state index in [0.29, 0.717) is 19.6 Å². The van der Waals surface area contributed by atoms with Crippen molar-refractivity contribution >= 4 is 20.1 Å². The number of carboxylic acids is 1. The molecule has 0 aromatic heterocycles. The third-order valence-electron chi connectivity index (χ3n) is 9.07. The van der Waals surface area contributed by atoms with Crippen molar-refractivity contribution in [3.8, 4) is 0 Å². The molecule has 0 radical (unpaired) electrons. The smallest absolute Gasteiger partial charge is 0.407 e. The number of hydrogen-bond donors (Lipinski definition) is 2. The summed E-state index contributed by atoms with van der Waals surface area (Å²) >= 11 is 0. The van der Waals surface area contributed by atoms with Crippen LogP contribution in [0, 0.1) is 29.1 Å². The number of ether oxygens (including phenoxy) is 2. The molecular formula is C31H49NO5Si. The second-order valence-corrected chi connectivity index (χ2v) is 18.5. The molecule has 3 aliphatic carbocycles. The van der Waals surface area contributed by atoms with Crippen LogP contribution >= 0.6 is 0 Å². The van der Waals surface area contributed by atoms with E-state index >= 15 is 0 Å². The Hall–Kier alpha value is -2.12. The second-order valence-electron chi connectivity index (χ2n) is 13.0. The fourth-order valence-corrected chi connectivity index (χ4v) is 6.47. The van der Waals surface area contributed by atoms with E-state index in [1.165, 1.54) is 19.3 Å². The molecule has 1 amide bonds. The summed E-state index contributed by atoms with van der Waals surface area (Å²) in [4.78, 5) is 24.9. The Labute approximate surface area is 230 Å². The maximum absolute atomic E-state index is 12.8. The number of allylic oxidation sites excluding steroid dienone is 2. The number of alkyl carbamates (subject to hydrolysis) is 1. The minimum atomic E-state index is -1.67. The fraction of sp³-hybridized carbons (Fsp3) is 0.677. The van der Waals surface area contributed by atoms with Crippen molar-refractivity contribution in [2.75, 3.05) is 6.61 Å². The van der Waals surface area contributed by atoms with E-state index < -0.39 is 37.5 Å². The molecule has 4 rings (SSSR count). The molecule has 212 valence electrons. The molecule has 2 N–H and O–H groups in total. The summed E-state index contributed by atoms with van der Waals surface area (Å²) in [6.45, 7) is 13.3. The third kappa shape index (κ3) is 7.95. The van der Waals surface area contributed by atoms with E-state index in [2.05, 4.69) is 51.0 Å². The van der Waals surface area contributed by atoms with Crippen molar-refractivity contribution in [3.63, 3.8) is 0 Å². The van der Waals surface area contributed by atoms with Gasteiger partial charge in [0.15, 0.2) is 0 Å². The van der Waals surface area contributed by atoms with E-state index in [0.717, 1.165) is 30.2 Å². The van der Waals surface area contributed by atoms with E-state index in [9.17, 15) is 14.7 Å². The van der Waals surface area contributed by atoms with Gasteiger partial charge in [-0.15, -0.1) is 0 Å². The third-order valence-corrected chi connectivity index (χ3v) is 11.6. The van der Waals surface area contributed by atoms with Crippen LogP contribution in [0.25, 0.3) is 0 Å². The van der Waals surface area contributed by atoms with Gasteiger partial charge in [0.05, 0.1) is 39.0 Å². The molecule has 0 saturated heterocycles. The van der Waals surface area contributed by atoms with Gasteiger partial charge in [-0.3, -0.25) is 4.79 Å². The lowest BCUT2D eigenvalue weighted by atomic mass is 9.60. The van der Waals surface area contributed by atoms with Crippen LogP contribution in [0.15, 0.2) is 42.5 Å². The van der Waals surface area contributed by atoms with Crippen LogP contribution in [-0.4, -0.2) is 43.6 Å². The van der Waals surface area contributed by atoms with Crippen LogP contribution in [0.5, 0.6) is 0 Å². The van der Waals surface area contributed by atoms with Crippen molar-refractivity contribution < 1.29 is 24.2 Å². The molecule has 2 saturated carbocycles. The highest BCUT2D eigenvalue weighted by molar-refractivity contribution is 6.77. The summed E-state index contributed by atoms with van der Waals surface area (Å²) in [5, 5.41) is 12.9. The highest BCUT2D eigenvalue weighted by Crippen LogP contribution is 2.46. The van der Waals surface area contributed by atoms with Gasteiger partial charge in [0.2, 0.25) is 0 Å². The zero-order chi connectivity index (χ0) is 27.9. The summed E-state index contributed by atoms with van der Waals surface area (Å²) in [6.07, 6.45) is 10.8. The second kappa shape index (κ2) is 13.3. The van der Waals surface area contributed by atoms with Gasteiger partial charge >= 0.3 is 12.1 Å². The maximum atomic E-state index is 12.8. The quantitative estimate of drug-likeness (QED) is 0.257. The van der Waals surface area contributed by atoms with Crippen LogP contribution in [0.3, 0.4) is 0 Å². The van der Waals surface area contributed by atoms with Gasteiger partial charge in [-0.25, -0.2) is 4.79 Å². The van der Waals surface area contributed by atoms with Crippen LogP contribution in [0.4, 0.5) is 4.79 Å². The zero-order valence-corrected chi connectivity index (χ0v) is 25.2. The summed E-state index contributed by atoms with van der Waals surface area (Å²) < 4.78 is 11.8. The SMILES string of the molecule is C1=CC2CCC1C2.CC(C)C1(COCc2ccccc2)CCCC(C(=O)O)C1NC(=O)OC(C)[Si](C)(C)C. The number of benzene rings is 1. The Morgan fingerprint density at radius 2 is 1.68 bits per heavy atom. The normalized spacial score (nSPS) is 28.9. The predicted octanol–water partition coefficient (Wildman–Crippen LogP) is 7.06. The van der Waals surface area contributed by atoms with Gasteiger partial charge in [0, 0.05) is 5.41 Å². The number of amides is 1. The first-order valence-electron chi connectivity index (χ1n) is 14.4. The number of carbonyl (C=O) groups excluding carboxylic acids is 1. The Balaban J connectivity index is 0.000000483. The Morgan fingerprint density at radius 1 is 1.05 bits per heavy atom. The van der Waals surface area contributed by atoms with Crippen LogP contribution in [0.1, 0.15) is 64.9 Å². The number of aliphatic carboxylic acids is 1. The van der Waals surface area contributed by atoms with Gasteiger partial charge in [-0.1, -0.05) is 82.4 Å². The molecule has 6 unspecified atom stereocenters. The molecule has 0 aliphatic heterocycles. The molecule has 2 bridgehead atoms. The van der Waals surface area contributed by atoms with Crippen molar-refractivity contribution in [1.29, 1.82) is 0 Å². The van der Waals surface area contributed by atoms with E-state index in [-0.39, 0.29) is 11.6 Å². The lowest BCUT2D eigenvalue weighted by molar-refractivity contribution is -0.149. The molecule has 0 spiro atoms. The van der Waals surface area contributed by atoms with Crippen LogP contribution < -0.4 is 5.32 Å². The lowest BCUT2D eigenvalue weighted by Crippen LogP contribution is -2.60. The molecule has 1 aromatic rings. The average Bonchev–Trinajstić information content (AvgIpc) is 3.51. The van der Waals surface area contributed by atoms with Crippen molar-refractivity contribution in [2.24, 2.45) is 29.1 Å². The van der Waals surface area contributed by atoms with E-state index in [1.54, 1.807) is 0 Å². The minimum Gasteiger partial charge on any atom is -0.481 e.